The maximum absolute atomic E-state index is 13.5. The van der Waals surface area contributed by atoms with Gasteiger partial charge in [-0.1, -0.05) is 17.8 Å². The van der Waals surface area contributed by atoms with Gasteiger partial charge in [0, 0.05) is 11.1 Å². The Kier molecular flexibility index (Phi) is 4.55. The molecule has 0 bridgehead atoms. The Hall–Kier alpha value is -1.40. The van der Waals surface area contributed by atoms with Crippen LogP contribution in [0.3, 0.4) is 0 Å². The van der Waals surface area contributed by atoms with Gasteiger partial charge in [-0.25, -0.2) is 9.37 Å². The molecule has 0 saturated heterocycles. The summed E-state index contributed by atoms with van der Waals surface area (Å²) < 4.78 is 14.4. The van der Waals surface area contributed by atoms with Crippen molar-refractivity contribution < 1.29 is 9.18 Å². The highest BCUT2D eigenvalue weighted by atomic mass is 32.2. The number of hydrogen-bond acceptors (Lipinski definition) is 4. The van der Waals surface area contributed by atoms with Crippen LogP contribution in [0.25, 0.3) is 0 Å². The fraction of sp³-hybridized carbons (Fsp3) is 0.231. The fourth-order valence-electron chi connectivity index (χ4n) is 1.43. The molecular formula is C13H13FN2OS2. The van der Waals surface area contributed by atoms with Crippen LogP contribution in [0.2, 0.25) is 0 Å². The SMILES string of the molecule is Cc1ccc(NC(=O)CSc2nc(C)cs2)c(F)c1. The molecule has 0 aliphatic heterocycles. The lowest BCUT2D eigenvalue weighted by atomic mass is 10.2. The molecule has 0 saturated carbocycles. The monoisotopic (exact) mass is 296 g/mol. The van der Waals surface area contributed by atoms with Gasteiger partial charge in [0.2, 0.25) is 5.91 Å². The van der Waals surface area contributed by atoms with Crippen LogP contribution in [-0.4, -0.2) is 16.6 Å². The Morgan fingerprint density at radius 3 is 2.89 bits per heavy atom. The van der Waals surface area contributed by atoms with Crippen molar-refractivity contribution >= 4 is 34.7 Å². The van der Waals surface area contributed by atoms with Gasteiger partial charge in [-0.2, -0.15) is 0 Å². The average Bonchev–Trinajstić information content (AvgIpc) is 2.76. The van der Waals surface area contributed by atoms with Crippen molar-refractivity contribution in [2.45, 2.75) is 18.2 Å². The highest BCUT2D eigenvalue weighted by Crippen LogP contribution is 2.22. The largest absolute Gasteiger partial charge is 0.323 e. The molecule has 0 fully saturated rings. The Morgan fingerprint density at radius 2 is 2.26 bits per heavy atom. The number of aryl methyl sites for hydroxylation is 2. The van der Waals surface area contributed by atoms with Crippen LogP contribution in [0, 0.1) is 19.7 Å². The lowest BCUT2D eigenvalue weighted by Gasteiger charge is -2.06. The third-order valence-corrected chi connectivity index (χ3v) is 4.46. The maximum Gasteiger partial charge on any atom is 0.234 e. The van der Waals surface area contributed by atoms with Crippen molar-refractivity contribution in [3.05, 3.63) is 40.7 Å². The lowest BCUT2D eigenvalue weighted by molar-refractivity contribution is -0.113. The smallest absolute Gasteiger partial charge is 0.234 e. The minimum Gasteiger partial charge on any atom is -0.323 e. The van der Waals surface area contributed by atoms with Crippen molar-refractivity contribution in [3.63, 3.8) is 0 Å². The third kappa shape index (κ3) is 4.04. The molecule has 0 atom stereocenters. The van der Waals surface area contributed by atoms with Crippen molar-refractivity contribution in [1.29, 1.82) is 0 Å². The Balaban J connectivity index is 1.90. The molecule has 2 rings (SSSR count). The van der Waals surface area contributed by atoms with Crippen LogP contribution < -0.4 is 5.32 Å². The van der Waals surface area contributed by atoms with Gasteiger partial charge >= 0.3 is 0 Å². The summed E-state index contributed by atoms with van der Waals surface area (Å²) in [6.07, 6.45) is 0. The van der Waals surface area contributed by atoms with E-state index in [4.69, 9.17) is 0 Å². The van der Waals surface area contributed by atoms with E-state index in [9.17, 15) is 9.18 Å². The van der Waals surface area contributed by atoms with E-state index in [0.717, 1.165) is 15.6 Å². The molecule has 0 unspecified atom stereocenters. The molecule has 3 nitrogen and oxygen atoms in total. The first-order valence-electron chi connectivity index (χ1n) is 5.65. The second kappa shape index (κ2) is 6.16. The molecule has 0 radical (unpaired) electrons. The molecule has 1 aromatic carbocycles. The number of hydrogen-bond donors (Lipinski definition) is 1. The molecule has 0 spiro atoms. The van der Waals surface area contributed by atoms with E-state index in [1.165, 1.54) is 29.2 Å². The number of halogens is 1. The number of benzene rings is 1. The van der Waals surface area contributed by atoms with Gasteiger partial charge in [0.25, 0.3) is 0 Å². The van der Waals surface area contributed by atoms with Gasteiger partial charge < -0.3 is 5.32 Å². The molecule has 19 heavy (non-hydrogen) atoms. The zero-order valence-corrected chi connectivity index (χ0v) is 12.2. The van der Waals surface area contributed by atoms with Gasteiger partial charge in [-0.15, -0.1) is 11.3 Å². The van der Waals surface area contributed by atoms with Crippen LogP contribution >= 0.6 is 23.1 Å². The quantitative estimate of drug-likeness (QED) is 0.876. The number of aromatic nitrogens is 1. The number of carbonyl (C=O) groups excluding carboxylic acids is 1. The second-order valence-corrected chi connectivity index (χ2v) is 6.16. The van der Waals surface area contributed by atoms with Gasteiger partial charge in [0.05, 0.1) is 11.4 Å². The van der Waals surface area contributed by atoms with Crippen molar-refractivity contribution in [2.24, 2.45) is 0 Å². The number of thioether (sulfide) groups is 1. The topological polar surface area (TPSA) is 42.0 Å². The number of rotatable bonds is 4. The molecule has 1 amide bonds. The molecule has 1 heterocycles. The first-order chi connectivity index (χ1) is 9.04. The number of nitrogens with one attached hydrogen (secondary N) is 1. The van der Waals surface area contributed by atoms with Crippen LogP contribution in [0.4, 0.5) is 10.1 Å². The minimum atomic E-state index is -0.413. The van der Waals surface area contributed by atoms with E-state index < -0.39 is 5.82 Å². The summed E-state index contributed by atoms with van der Waals surface area (Å²) >= 11 is 2.85. The number of anilines is 1. The van der Waals surface area contributed by atoms with Gasteiger partial charge in [0.1, 0.15) is 5.82 Å². The first-order valence-corrected chi connectivity index (χ1v) is 7.52. The Morgan fingerprint density at radius 1 is 1.47 bits per heavy atom. The Bertz CT molecular complexity index is 598. The van der Waals surface area contributed by atoms with Crippen LogP contribution in [-0.2, 0) is 4.79 Å². The predicted molar refractivity (Wildman–Crippen MR) is 77.3 cm³/mol. The molecule has 2 aromatic rings. The van der Waals surface area contributed by atoms with Gasteiger partial charge in [-0.05, 0) is 31.5 Å². The predicted octanol–water partition coefficient (Wildman–Crippen LogP) is 3.63. The number of carbonyl (C=O) groups is 1. The molecule has 100 valence electrons. The number of nitrogens with zero attached hydrogens (tertiary/aromatic N) is 1. The second-order valence-electron chi connectivity index (χ2n) is 4.07. The summed E-state index contributed by atoms with van der Waals surface area (Å²) in [4.78, 5) is 16.0. The van der Waals surface area contributed by atoms with E-state index in [0.29, 0.717) is 0 Å². The maximum atomic E-state index is 13.5. The standard InChI is InChI=1S/C13H13FN2OS2/c1-8-3-4-11(10(14)5-8)16-12(17)7-19-13-15-9(2)6-18-13/h3-6H,7H2,1-2H3,(H,16,17). The summed E-state index contributed by atoms with van der Waals surface area (Å²) in [5.74, 6) is -0.427. The Labute approximate surface area is 119 Å². The van der Waals surface area contributed by atoms with Crippen LogP contribution in [0.1, 0.15) is 11.3 Å². The zero-order chi connectivity index (χ0) is 13.8. The van der Waals surface area contributed by atoms with Gasteiger partial charge in [-0.3, -0.25) is 4.79 Å². The van der Waals surface area contributed by atoms with Gasteiger partial charge in [0.15, 0.2) is 4.34 Å². The summed E-state index contributed by atoms with van der Waals surface area (Å²) in [5.41, 5.74) is 1.98. The normalized spacial score (nSPS) is 10.5. The van der Waals surface area contributed by atoms with Crippen molar-refractivity contribution in [3.8, 4) is 0 Å². The average molecular weight is 296 g/mol. The number of amides is 1. The third-order valence-electron chi connectivity index (χ3n) is 2.32. The lowest BCUT2D eigenvalue weighted by Crippen LogP contribution is -2.15. The summed E-state index contributed by atoms with van der Waals surface area (Å²) in [7, 11) is 0. The first kappa shape index (κ1) is 14.0. The molecule has 0 aliphatic carbocycles. The summed E-state index contributed by atoms with van der Waals surface area (Å²) in [6, 6.07) is 4.73. The highest BCUT2D eigenvalue weighted by Gasteiger charge is 2.09. The fourth-order valence-corrected chi connectivity index (χ4v) is 3.08. The van der Waals surface area contributed by atoms with E-state index in [2.05, 4.69) is 10.3 Å². The summed E-state index contributed by atoms with van der Waals surface area (Å²) in [5, 5.41) is 4.49. The minimum absolute atomic E-state index is 0.214. The molecule has 0 aliphatic rings. The van der Waals surface area contributed by atoms with Crippen molar-refractivity contribution in [2.75, 3.05) is 11.1 Å². The molecule has 6 heteroatoms. The molecule has 1 N–H and O–H groups in total. The van der Waals surface area contributed by atoms with E-state index in [-0.39, 0.29) is 17.3 Å². The number of thiazole rings is 1. The zero-order valence-electron chi connectivity index (χ0n) is 10.6. The van der Waals surface area contributed by atoms with E-state index in [1.807, 2.05) is 12.3 Å². The van der Waals surface area contributed by atoms with E-state index in [1.54, 1.807) is 19.1 Å². The molecular weight excluding hydrogens is 283 g/mol. The summed E-state index contributed by atoms with van der Waals surface area (Å²) in [6.45, 7) is 3.71. The van der Waals surface area contributed by atoms with E-state index >= 15 is 0 Å². The van der Waals surface area contributed by atoms with Crippen molar-refractivity contribution in [1.82, 2.24) is 4.98 Å². The molecule has 1 aromatic heterocycles. The van der Waals surface area contributed by atoms with Crippen LogP contribution in [0.5, 0.6) is 0 Å². The van der Waals surface area contributed by atoms with Crippen LogP contribution in [0.15, 0.2) is 27.9 Å². The highest BCUT2D eigenvalue weighted by molar-refractivity contribution is 8.01.